The lowest BCUT2D eigenvalue weighted by molar-refractivity contribution is -0.117. The van der Waals surface area contributed by atoms with E-state index < -0.39 is 6.04 Å². The van der Waals surface area contributed by atoms with Gasteiger partial charge in [0.1, 0.15) is 17.6 Å². The summed E-state index contributed by atoms with van der Waals surface area (Å²) < 4.78 is 10.3. The highest BCUT2D eigenvalue weighted by Gasteiger charge is 2.19. The van der Waals surface area contributed by atoms with E-state index in [1.54, 1.807) is 31.2 Å². The molecular weight excluding hydrogens is 324 g/mol. The molecule has 1 unspecified atom stereocenters. The molecule has 1 heterocycles. The van der Waals surface area contributed by atoms with Crippen LogP contribution in [0.2, 0.25) is 0 Å². The van der Waals surface area contributed by atoms with Gasteiger partial charge in [0.2, 0.25) is 11.8 Å². The Morgan fingerprint density at radius 1 is 1.28 bits per heavy atom. The molecule has 134 valence electrons. The monoisotopic (exact) mass is 346 g/mol. The number of rotatable bonds is 7. The Kier molecular flexibility index (Phi) is 5.99. The summed E-state index contributed by atoms with van der Waals surface area (Å²) in [5.74, 6) is 1.12. The molecule has 8 heteroatoms. The van der Waals surface area contributed by atoms with Crippen LogP contribution in [-0.4, -0.2) is 30.1 Å². The summed E-state index contributed by atoms with van der Waals surface area (Å²) in [6.07, 6.45) is 0.538. The SMILES string of the molecule is CCC(Nc1cc(NC(C)=O)ccc1OC)C(=O)Nc1cc(C)on1. The lowest BCUT2D eigenvalue weighted by Gasteiger charge is -2.19. The highest BCUT2D eigenvalue weighted by atomic mass is 16.5. The zero-order chi connectivity index (χ0) is 18.4. The Morgan fingerprint density at radius 3 is 2.60 bits per heavy atom. The summed E-state index contributed by atoms with van der Waals surface area (Å²) in [6, 6.07) is 6.29. The van der Waals surface area contributed by atoms with E-state index in [0.717, 1.165) is 0 Å². The number of anilines is 3. The molecule has 0 saturated carbocycles. The van der Waals surface area contributed by atoms with Crippen LogP contribution in [0.5, 0.6) is 5.75 Å². The van der Waals surface area contributed by atoms with Gasteiger partial charge in [-0.25, -0.2) is 0 Å². The van der Waals surface area contributed by atoms with Crippen LogP contribution >= 0.6 is 0 Å². The molecule has 0 aliphatic heterocycles. The Hall–Kier alpha value is -3.03. The molecule has 1 aromatic heterocycles. The van der Waals surface area contributed by atoms with Gasteiger partial charge < -0.3 is 25.2 Å². The summed E-state index contributed by atoms with van der Waals surface area (Å²) in [4.78, 5) is 23.7. The van der Waals surface area contributed by atoms with Gasteiger partial charge in [-0.2, -0.15) is 0 Å². The molecule has 0 aliphatic rings. The third-order valence-corrected chi connectivity index (χ3v) is 3.45. The molecule has 8 nitrogen and oxygen atoms in total. The first-order valence-electron chi connectivity index (χ1n) is 7.89. The summed E-state index contributed by atoms with van der Waals surface area (Å²) in [7, 11) is 1.54. The van der Waals surface area contributed by atoms with E-state index in [-0.39, 0.29) is 11.8 Å². The first-order valence-corrected chi connectivity index (χ1v) is 7.89. The molecule has 0 aliphatic carbocycles. The average Bonchev–Trinajstić information content (AvgIpc) is 2.97. The lowest BCUT2D eigenvalue weighted by Crippen LogP contribution is -2.34. The first kappa shape index (κ1) is 18.3. The molecule has 3 N–H and O–H groups in total. The van der Waals surface area contributed by atoms with Gasteiger partial charge in [0.15, 0.2) is 5.82 Å². The summed E-state index contributed by atoms with van der Waals surface area (Å²) in [6.45, 7) is 5.06. The van der Waals surface area contributed by atoms with Crippen molar-refractivity contribution in [2.75, 3.05) is 23.1 Å². The molecule has 2 aromatic rings. The topological polar surface area (TPSA) is 105 Å². The Morgan fingerprint density at radius 2 is 2.04 bits per heavy atom. The van der Waals surface area contributed by atoms with Crippen molar-refractivity contribution >= 4 is 29.0 Å². The first-order chi connectivity index (χ1) is 11.9. The van der Waals surface area contributed by atoms with Crippen molar-refractivity contribution < 1.29 is 18.8 Å². The van der Waals surface area contributed by atoms with Gasteiger partial charge in [-0.15, -0.1) is 0 Å². The van der Waals surface area contributed by atoms with E-state index in [0.29, 0.717) is 35.1 Å². The predicted molar refractivity (Wildman–Crippen MR) is 94.9 cm³/mol. The fourth-order valence-electron chi connectivity index (χ4n) is 2.28. The van der Waals surface area contributed by atoms with Crippen LogP contribution in [0.1, 0.15) is 26.0 Å². The van der Waals surface area contributed by atoms with Crippen molar-refractivity contribution in [3.05, 3.63) is 30.0 Å². The maximum atomic E-state index is 12.5. The number of nitrogens with zero attached hydrogens (tertiary/aromatic N) is 1. The number of ether oxygens (including phenoxy) is 1. The molecular formula is C17H22N4O4. The smallest absolute Gasteiger partial charge is 0.248 e. The van der Waals surface area contributed by atoms with E-state index in [9.17, 15) is 9.59 Å². The van der Waals surface area contributed by atoms with Gasteiger partial charge in [0, 0.05) is 18.7 Å². The Balaban J connectivity index is 2.16. The summed E-state index contributed by atoms with van der Waals surface area (Å²) in [5.41, 5.74) is 1.21. The Labute approximate surface area is 145 Å². The van der Waals surface area contributed by atoms with Crippen LogP contribution in [-0.2, 0) is 9.59 Å². The van der Waals surface area contributed by atoms with Gasteiger partial charge >= 0.3 is 0 Å². The fraction of sp³-hybridized carbons (Fsp3) is 0.353. The van der Waals surface area contributed by atoms with E-state index in [4.69, 9.17) is 9.26 Å². The predicted octanol–water partition coefficient (Wildman–Crippen LogP) is 2.78. The van der Waals surface area contributed by atoms with Gasteiger partial charge in [-0.05, 0) is 31.5 Å². The zero-order valence-corrected chi connectivity index (χ0v) is 14.7. The minimum atomic E-state index is -0.515. The average molecular weight is 346 g/mol. The minimum Gasteiger partial charge on any atom is -0.495 e. The quantitative estimate of drug-likeness (QED) is 0.712. The third kappa shape index (κ3) is 4.97. The number of benzene rings is 1. The van der Waals surface area contributed by atoms with Gasteiger partial charge in [0.05, 0.1) is 12.8 Å². The number of methoxy groups -OCH3 is 1. The number of aromatic nitrogens is 1. The molecule has 0 bridgehead atoms. The second-order valence-electron chi connectivity index (χ2n) is 5.51. The van der Waals surface area contributed by atoms with Crippen molar-refractivity contribution in [2.24, 2.45) is 0 Å². The molecule has 0 radical (unpaired) electrons. The van der Waals surface area contributed by atoms with Crippen LogP contribution in [0.15, 0.2) is 28.8 Å². The molecule has 25 heavy (non-hydrogen) atoms. The third-order valence-electron chi connectivity index (χ3n) is 3.45. The lowest BCUT2D eigenvalue weighted by atomic mass is 10.1. The Bertz CT molecular complexity index is 757. The van der Waals surface area contributed by atoms with Crippen molar-refractivity contribution in [1.29, 1.82) is 0 Å². The zero-order valence-electron chi connectivity index (χ0n) is 14.7. The van der Waals surface area contributed by atoms with E-state index in [2.05, 4.69) is 21.1 Å². The summed E-state index contributed by atoms with van der Waals surface area (Å²) >= 11 is 0. The number of nitrogens with one attached hydrogen (secondary N) is 3. The van der Waals surface area contributed by atoms with Gasteiger partial charge in [-0.3, -0.25) is 9.59 Å². The fourth-order valence-corrected chi connectivity index (χ4v) is 2.28. The number of hydrogen-bond donors (Lipinski definition) is 3. The number of aryl methyl sites for hydroxylation is 1. The van der Waals surface area contributed by atoms with E-state index in [1.165, 1.54) is 14.0 Å². The molecule has 1 aromatic carbocycles. The maximum Gasteiger partial charge on any atom is 0.248 e. The normalized spacial score (nSPS) is 11.5. The van der Waals surface area contributed by atoms with Gasteiger partial charge in [0.25, 0.3) is 0 Å². The standard InChI is InChI=1S/C17H22N4O4/c1-5-13(17(23)20-16-8-10(2)25-21-16)19-14-9-12(18-11(3)22)6-7-15(14)24-4/h6-9,13,19H,5H2,1-4H3,(H,18,22)(H,20,21,23). The molecule has 0 spiro atoms. The largest absolute Gasteiger partial charge is 0.495 e. The van der Waals surface area contributed by atoms with Crippen LogP contribution in [0.25, 0.3) is 0 Å². The van der Waals surface area contributed by atoms with Crippen LogP contribution in [0.4, 0.5) is 17.2 Å². The van der Waals surface area contributed by atoms with Crippen molar-refractivity contribution in [3.63, 3.8) is 0 Å². The summed E-state index contributed by atoms with van der Waals surface area (Å²) in [5, 5.41) is 12.3. The highest BCUT2D eigenvalue weighted by Crippen LogP contribution is 2.29. The van der Waals surface area contributed by atoms with Crippen molar-refractivity contribution in [1.82, 2.24) is 5.16 Å². The number of carbonyl (C=O) groups excluding carboxylic acids is 2. The van der Waals surface area contributed by atoms with Crippen molar-refractivity contribution in [3.8, 4) is 5.75 Å². The number of hydrogen-bond acceptors (Lipinski definition) is 6. The molecule has 2 rings (SSSR count). The molecule has 2 amide bonds. The van der Waals surface area contributed by atoms with Crippen LogP contribution < -0.4 is 20.7 Å². The van der Waals surface area contributed by atoms with Gasteiger partial charge in [-0.1, -0.05) is 12.1 Å². The van der Waals surface area contributed by atoms with E-state index in [1.807, 2.05) is 6.92 Å². The second kappa shape index (κ2) is 8.18. The highest BCUT2D eigenvalue weighted by molar-refractivity contribution is 5.96. The molecule has 0 saturated heterocycles. The van der Waals surface area contributed by atoms with E-state index >= 15 is 0 Å². The minimum absolute atomic E-state index is 0.178. The van der Waals surface area contributed by atoms with Crippen LogP contribution in [0.3, 0.4) is 0 Å². The number of carbonyl (C=O) groups is 2. The van der Waals surface area contributed by atoms with Crippen molar-refractivity contribution in [2.45, 2.75) is 33.2 Å². The number of amides is 2. The van der Waals surface area contributed by atoms with Crippen LogP contribution in [0, 0.1) is 6.92 Å². The molecule has 1 atom stereocenters. The maximum absolute atomic E-state index is 12.5. The molecule has 0 fully saturated rings. The second-order valence-corrected chi connectivity index (χ2v) is 5.51.